The minimum Gasteiger partial charge on any atom is -0.493 e. The lowest BCUT2D eigenvalue weighted by molar-refractivity contribution is -0.143. The van der Waals surface area contributed by atoms with Crippen molar-refractivity contribution in [2.24, 2.45) is 12.5 Å². The molecule has 0 radical (unpaired) electrons. The number of carbonyl (C=O) groups excluding carboxylic acids is 1. The molecule has 0 unspecified atom stereocenters. The molecule has 0 N–H and O–H groups in total. The van der Waals surface area contributed by atoms with Crippen LogP contribution in [0.3, 0.4) is 0 Å². The van der Waals surface area contributed by atoms with Crippen molar-refractivity contribution in [1.29, 1.82) is 0 Å². The number of hydrogen-bond donors (Lipinski definition) is 0. The summed E-state index contributed by atoms with van der Waals surface area (Å²) in [5, 5.41) is 0. The summed E-state index contributed by atoms with van der Waals surface area (Å²) in [6.45, 7) is 9.64. The molecule has 3 aromatic rings. The van der Waals surface area contributed by atoms with Gasteiger partial charge in [-0.05, 0) is 58.4 Å². The normalized spacial score (nSPS) is 12.0. The Kier molecular flexibility index (Phi) is 6.62. The molecule has 3 rings (SSSR count). The number of nitrogens with zero attached hydrogens (tertiary/aromatic N) is 4. The fraction of sp³-hybridized carbons (Fsp3) is 0.417. The zero-order valence-electron chi connectivity index (χ0n) is 20.1. The van der Waals surface area contributed by atoms with Gasteiger partial charge < -0.3 is 14.0 Å². The van der Waals surface area contributed by atoms with E-state index >= 15 is 0 Å². The van der Waals surface area contributed by atoms with Gasteiger partial charge in [-0.1, -0.05) is 12.1 Å². The minimum absolute atomic E-state index is 0.288. The van der Waals surface area contributed by atoms with E-state index < -0.39 is 5.41 Å². The summed E-state index contributed by atoms with van der Waals surface area (Å²) < 4.78 is 15.3. The number of methoxy groups -OCH3 is 1. The van der Waals surface area contributed by atoms with Gasteiger partial charge in [0.05, 0.1) is 12.5 Å². The van der Waals surface area contributed by atoms with E-state index in [0.29, 0.717) is 35.0 Å². The van der Waals surface area contributed by atoms with E-state index in [1.54, 1.807) is 63.6 Å². The third kappa shape index (κ3) is 4.48. The summed E-state index contributed by atoms with van der Waals surface area (Å²) >= 11 is 0. The van der Waals surface area contributed by atoms with Gasteiger partial charge in [-0.2, -0.15) is 0 Å². The molecule has 0 aliphatic rings. The van der Waals surface area contributed by atoms with Crippen LogP contribution < -0.4 is 20.7 Å². The van der Waals surface area contributed by atoms with Crippen molar-refractivity contribution in [2.45, 2.75) is 47.7 Å². The van der Waals surface area contributed by atoms with Gasteiger partial charge in [0.25, 0.3) is 5.56 Å². The first-order valence-electron chi connectivity index (χ1n) is 10.8. The van der Waals surface area contributed by atoms with Crippen LogP contribution in [0.1, 0.15) is 46.0 Å². The molecule has 2 heterocycles. The Morgan fingerprint density at radius 3 is 2.30 bits per heavy atom. The number of imidazole rings is 1. The molecule has 9 heteroatoms. The number of rotatable bonds is 6. The second-order valence-electron chi connectivity index (χ2n) is 8.66. The summed E-state index contributed by atoms with van der Waals surface area (Å²) in [6, 6.07) is 5.21. The summed E-state index contributed by atoms with van der Waals surface area (Å²) in [4.78, 5) is 42.2. The molecule has 9 nitrogen and oxygen atoms in total. The number of carbonyl (C=O) groups is 1. The minimum atomic E-state index is -0.639. The van der Waals surface area contributed by atoms with Crippen molar-refractivity contribution in [3.63, 3.8) is 0 Å². The lowest BCUT2D eigenvalue weighted by Crippen LogP contribution is -2.39. The van der Waals surface area contributed by atoms with Gasteiger partial charge in [-0.25, -0.2) is 9.78 Å². The highest BCUT2D eigenvalue weighted by atomic mass is 16.6. The first-order chi connectivity index (χ1) is 15.5. The highest BCUT2D eigenvalue weighted by Gasteiger charge is 2.25. The molecular weight excluding hydrogens is 424 g/mol. The highest BCUT2D eigenvalue weighted by molar-refractivity contribution is 5.79. The van der Waals surface area contributed by atoms with Crippen LogP contribution in [-0.2, 0) is 24.9 Å². The molecule has 1 aromatic carbocycles. The maximum Gasteiger partial charge on any atom is 0.332 e. The fourth-order valence-corrected chi connectivity index (χ4v) is 3.39. The largest absolute Gasteiger partial charge is 0.493 e. The SMILES string of the molecule is CCn1c(=O)c2c(nc(/C=C/c3ccc(OC(=O)C(C)(C)C)c(OC)c3)n2C)n(CC)c1=O. The number of hydrogen-bond acceptors (Lipinski definition) is 6. The Morgan fingerprint density at radius 2 is 1.73 bits per heavy atom. The average molecular weight is 455 g/mol. The average Bonchev–Trinajstić information content (AvgIpc) is 3.09. The molecule has 2 aromatic heterocycles. The number of benzene rings is 1. The van der Waals surface area contributed by atoms with Crippen LogP contribution in [0, 0.1) is 5.41 Å². The quantitative estimate of drug-likeness (QED) is 0.419. The van der Waals surface area contributed by atoms with Crippen molar-refractivity contribution >= 4 is 29.3 Å². The van der Waals surface area contributed by atoms with Crippen LogP contribution >= 0.6 is 0 Å². The van der Waals surface area contributed by atoms with Gasteiger partial charge >= 0.3 is 11.7 Å². The van der Waals surface area contributed by atoms with Gasteiger partial charge in [0.2, 0.25) is 0 Å². The Morgan fingerprint density at radius 1 is 1.06 bits per heavy atom. The number of fused-ring (bicyclic) bond motifs is 1. The smallest absolute Gasteiger partial charge is 0.332 e. The van der Waals surface area contributed by atoms with Crippen molar-refractivity contribution in [2.75, 3.05) is 7.11 Å². The van der Waals surface area contributed by atoms with E-state index in [-0.39, 0.29) is 23.8 Å². The van der Waals surface area contributed by atoms with Gasteiger partial charge in [0.15, 0.2) is 22.7 Å². The third-order valence-electron chi connectivity index (χ3n) is 5.34. The molecule has 33 heavy (non-hydrogen) atoms. The summed E-state index contributed by atoms with van der Waals surface area (Å²) in [5.41, 5.74) is 0.161. The molecule has 0 saturated heterocycles. The van der Waals surface area contributed by atoms with Crippen molar-refractivity contribution in [1.82, 2.24) is 18.7 Å². The lowest BCUT2D eigenvalue weighted by Gasteiger charge is -2.17. The Hall–Kier alpha value is -3.62. The number of ether oxygens (including phenoxy) is 2. The summed E-state index contributed by atoms with van der Waals surface area (Å²) in [5.74, 6) is 0.929. The summed E-state index contributed by atoms with van der Waals surface area (Å²) in [6.07, 6.45) is 3.57. The van der Waals surface area contributed by atoms with Gasteiger partial charge in [0, 0.05) is 20.1 Å². The second-order valence-corrected chi connectivity index (χ2v) is 8.66. The van der Waals surface area contributed by atoms with Crippen LogP contribution in [0.2, 0.25) is 0 Å². The van der Waals surface area contributed by atoms with Gasteiger partial charge in [-0.3, -0.25) is 18.7 Å². The molecule has 0 aliphatic heterocycles. The van der Waals surface area contributed by atoms with Gasteiger partial charge in [0.1, 0.15) is 5.82 Å². The van der Waals surface area contributed by atoms with E-state index in [0.717, 1.165) is 5.56 Å². The predicted molar refractivity (Wildman–Crippen MR) is 128 cm³/mol. The highest BCUT2D eigenvalue weighted by Crippen LogP contribution is 2.31. The lowest BCUT2D eigenvalue weighted by atomic mass is 9.97. The van der Waals surface area contributed by atoms with Crippen LogP contribution in [0.4, 0.5) is 0 Å². The van der Waals surface area contributed by atoms with Crippen LogP contribution in [0.15, 0.2) is 27.8 Å². The zero-order chi connectivity index (χ0) is 24.5. The maximum atomic E-state index is 12.8. The number of aryl methyl sites for hydroxylation is 2. The Balaban J connectivity index is 2.02. The second kappa shape index (κ2) is 9.09. The molecule has 0 aliphatic carbocycles. The Labute approximate surface area is 191 Å². The number of aromatic nitrogens is 4. The predicted octanol–water partition coefficient (Wildman–Crippen LogP) is 3.07. The molecule has 0 spiro atoms. The summed E-state index contributed by atoms with van der Waals surface area (Å²) in [7, 11) is 3.25. The van der Waals surface area contributed by atoms with E-state index in [2.05, 4.69) is 4.98 Å². The molecule has 0 atom stereocenters. The molecule has 0 fully saturated rings. The topological polar surface area (TPSA) is 97.3 Å². The van der Waals surface area contributed by atoms with Crippen LogP contribution in [-0.4, -0.2) is 31.8 Å². The third-order valence-corrected chi connectivity index (χ3v) is 5.34. The molecule has 0 amide bonds. The number of esters is 1. The molecular formula is C24H30N4O5. The fourth-order valence-electron chi connectivity index (χ4n) is 3.39. The molecule has 176 valence electrons. The maximum absolute atomic E-state index is 12.8. The monoisotopic (exact) mass is 454 g/mol. The molecule has 0 bridgehead atoms. The zero-order valence-corrected chi connectivity index (χ0v) is 20.1. The van der Waals surface area contributed by atoms with Gasteiger partial charge in [-0.15, -0.1) is 0 Å². The van der Waals surface area contributed by atoms with E-state index in [1.165, 1.54) is 16.2 Å². The van der Waals surface area contributed by atoms with Crippen molar-refractivity contribution < 1.29 is 14.3 Å². The first kappa shape index (κ1) is 24.0. The first-order valence-corrected chi connectivity index (χ1v) is 10.8. The van der Waals surface area contributed by atoms with E-state index in [4.69, 9.17) is 9.47 Å². The van der Waals surface area contributed by atoms with Crippen LogP contribution in [0.25, 0.3) is 23.3 Å². The van der Waals surface area contributed by atoms with Crippen molar-refractivity contribution in [3.05, 3.63) is 50.4 Å². The van der Waals surface area contributed by atoms with Crippen molar-refractivity contribution in [3.8, 4) is 11.5 Å². The van der Waals surface area contributed by atoms with E-state index in [1.807, 2.05) is 13.0 Å². The van der Waals surface area contributed by atoms with Crippen LogP contribution in [0.5, 0.6) is 11.5 Å². The Bertz CT molecular complexity index is 1350. The van der Waals surface area contributed by atoms with E-state index in [9.17, 15) is 14.4 Å². The molecule has 0 saturated carbocycles. The standard InChI is InChI=1S/C24H30N4O5/c1-8-27-20-19(21(29)28(9-2)23(27)31)26(6)18(25-20)13-11-15-10-12-16(17(14-15)32-7)33-22(30)24(3,4)5/h10-14H,8-9H2,1-7H3/b13-11+.